The lowest BCUT2D eigenvalue weighted by Gasteiger charge is -2.04. The quantitative estimate of drug-likeness (QED) is 0.567. The van der Waals surface area contributed by atoms with Crippen molar-refractivity contribution in [3.05, 3.63) is 75.8 Å². The van der Waals surface area contributed by atoms with Crippen LogP contribution in [-0.2, 0) is 11.3 Å². The zero-order valence-corrected chi connectivity index (χ0v) is 13.7. The van der Waals surface area contributed by atoms with E-state index in [9.17, 15) is 9.59 Å². The number of pyridine rings is 1. The number of rotatable bonds is 4. The molecule has 1 N–H and O–H groups in total. The predicted molar refractivity (Wildman–Crippen MR) is 93.5 cm³/mol. The fourth-order valence-corrected chi connectivity index (χ4v) is 3.08. The number of thiophene rings is 1. The Morgan fingerprint density at radius 1 is 1.24 bits per heavy atom. The Labute approximate surface area is 145 Å². The molecule has 0 atom stereocenters. The lowest BCUT2D eigenvalue weighted by atomic mass is 10.1. The summed E-state index contributed by atoms with van der Waals surface area (Å²) < 4.78 is 10.6. The summed E-state index contributed by atoms with van der Waals surface area (Å²) in [7, 11) is 0. The molecule has 25 heavy (non-hydrogen) atoms. The van der Waals surface area contributed by atoms with Crippen LogP contribution in [0.2, 0.25) is 0 Å². The van der Waals surface area contributed by atoms with E-state index in [2.05, 4.69) is 9.97 Å². The number of esters is 1. The zero-order chi connectivity index (χ0) is 17.2. The van der Waals surface area contributed by atoms with Crippen LogP contribution in [0.5, 0.6) is 0 Å². The minimum Gasteiger partial charge on any atom is -0.454 e. The zero-order valence-electron chi connectivity index (χ0n) is 12.9. The first kappa shape index (κ1) is 15.3. The van der Waals surface area contributed by atoms with Crippen LogP contribution in [0.3, 0.4) is 0 Å². The van der Waals surface area contributed by atoms with E-state index in [1.54, 1.807) is 30.3 Å². The molecule has 0 amide bonds. The summed E-state index contributed by atoms with van der Waals surface area (Å²) in [6.07, 6.45) is 1.45. The molecular weight excluding hydrogens is 340 g/mol. The lowest BCUT2D eigenvalue weighted by Crippen LogP contribution is -2.15. The van der Waals surface area contributed by atoms with E-state index in [4.69, 9.17) is 9.15 Å². The first-order valence-electron chi connectivity index (χ1n) is 7.48. The Balaban J connectivity index is 1.50. The van der Waals surface area contributed by atoms with Crippen LogP contribution in [0.4, 0.5) is 0 Å². The first-order valence-corrected chi connectivity index (χ1v) is 8.36. The van der Waals surface area contributed by atoms with Gasteiger partial charge in [-0.15, -0.1) is 11.3 Å². The summed E-state index contributed by atoms with van der Waals surface area (Å²) in [5, 5.41) is 3.13. The highest BCUT2D eigenvalue weighted by molar-refractivity contribution is 7.13. The number of aromatic amines is 1. The van der Waals surface area contributed by atoms with Gasteiger partial charge in [0.1, 0.15) is 24.3 Å². The normalized spacial score (nSPS) is 10.9. The molecule has 0 radical (unpaired) electrons. The van der Waals surface area contributed by atoms with Gasteiger partial charge < -0.3 is 14.1 Å². The van der Waals surface area contributed by atoms with Gasteiger partial charge in [-0.2, -0.15) is 0 Å². The van der Waals surface area contributed by atoms with Gasteiger partial charge in [0.2, 0.25) is 5.89 Å². The van der Waals surface area contributed by atoms with E-state index in [1.807, 2.05) is 17.5 Å². The number of ether oxygens (including phenoxy) is 1. The molecule has 4 aromatic rings. The first-order chi connectivity index (χ1) is 12.2. The Morgan fingerprint density at radius 3 is 2.96 bits per heavy atom. The van der Waals surface area contributed by atoms with Gasteiger partial charge in [-0.05, 0) is 29.0 Å². The second kappa shape index (κ2) is 6.37. The number of carbonyl (C=O) groups is 1. The van der Waals surface area contributed by atoms with E-state index in [1.165, 1.54) is 17.6 Å². The van der Waals surface area contributed by atoms with Crippen LogP contribution in [-0.4, -0.2) is 15.9 Å². The maximum Gasteiger partial charge on any atom is 0.355 e. The lowest BCUT2D eigenvalue weighted by molar-refractivity contribution is 0.0460. The number of fused-ring (bicyclic) bond motifs is 1. The molecule has 0 bridgehead atoms. The van der Waals surface area contributed by atoms with Gasteiger partial charge in [0, 0.05) is 5.39 Å². The molecule has 7 heteroatoms. The molecule has 4 rings (SSSR count). The fraction of sp³-hybridized carbons (Fsp3) is 0.0556. The van der Waals surface area contributed by atoms with Gasteiger partial charge in [-0.25, -0.2) is 9.78 Å². The second-order valence-corrected chi connectivity index (χ2v) is 6.24. The van der Waals surface area contributed by atoms with E-state index >= 15 is 0 Å². The van der Waals surface area contributed by atoms with E-state index in [-0.39, 0.29) is 17.9 Å². The van der Waals surface area contributed by atoms with Crippen LogP contribution in [0.25, 0.3) is 21.5 Å². The number of nitrogens with zero attached hydrogens (tertiary/aromatic N) is 1. The Morgan fingerprint density at radius 2 is 2.12 bits per heavy atom. The Kier molecular flexibility index (Phi) is 3.91. The number of H-pyrrole nitrogens is 1. The maximum atomic E-state index is 12.2. The molecule has 3 heterocycles. The third-order valence-electron chi connectivity index (χ3n) is 3.61. The van der Waals surface area contributed by atoms with Crippen molar-refractivity contribution in [3.8, 4) is 10.8 Å². The monoisotopic (exact) mass is 352 g/mol. The summed E-state index contributed by atoms with van der Waals surface area (Å²) >= 11 is 1.51. The minimum atomic E-state index is -0.622. The average Bonchev–Trinajstić information content (AvgIpc) is 3.31. The summed E-state index contributed by atoms with van der Waals surface area (Å²) in [6, 6.07) is 12.4. The topological polar surface area (TPSA) is 85.2 Å². The molecule has 0 aliphatic heterocycles. The third-order valence-corrected chi connectivity index (χ3v) is 4.47. The van der Waals surface area contributed by atoms with E-state index < -0.39 is 5.97 Å². The highest BCUT2D eigenvalue weighted by atomic mass is 32.1. The molecule has 124 valence electrons. The van der Waals surface area contributed by atoms with E-state index in [0.29, 0.717) is 22.4 Å². The molecule has 0 saturated carbocycles. The number of oxazole rings is 1. The van der Waals surface area contributed by atoms with Crippen molar-refractivity contribution in [2.75, 3.05) is 0 Å². The fourth-order valence-electron chi connectivity index (χ4n) is 2.42. The van der Waals surface area contributed by atoms with Gasteiger partial charge in [-0.3, -0.25) is 4.79 Å². The van der Waals surface area contributed by atoms with Gasteiger partial charge in [0.05, 0.1) is 4.88 Å². The molecule has 0 spiro atoms. The van der Waals surface area contributed by atoms with Crippen molar-refractivity contribution in [1.29, 1.82) is 0 Å². The molecule has 0 unspecified atom stereocenters. The highest BCUT2D eigenvalue weighted by Crippen LogP contribution is 2.23. The number of hydrogen-bond donors (Lipinski definition) is 1. The van der Waals surface area contributed by atoms with Crippen molar-refractivity contribution in [3.63, 3.8) is 0 Å². The number of aromatic nitrogens is 2. The molecular formula is C18H12N2O4S. The van der Waals surface area contributed by atoms with E-state index in [0.717, 1.165) is 4.88 Å². The second-order valence-electron chi connectivity index (χ2n) is 5.30. The van der Waals surface area contributed by atoms with Crippen molar-refractivity contribution in [1.82, 2.24) is 9.97 Å². The third kappa shape index (κ3) is 3.09. The summed E-state index contributed by atoms with van der Waals surface area (Å²) in [4.78, 5) is 31.9. The van der Waals surface area contributed by atoms with Gasteiger partial charge in [-0.1, -0.05) is 24.3 Å². The molecule has 0 aliphatic rings. The number of nitrogens with one attached hydrogen (secondary N) is 1. The van der Waals surface area contributed by atoms with Gasteiger partial charge in [0.15, 0.2) is 0 Å². The predicted octanol–water partition coefficient (Wildman–Crippen LogP) is 3.60. The summed E-state index contributed by atoms with van der Waals surface area (Å²) in [5.74, 6) is -0.135. The van der Waals surface area contributed by atoms with Crippen molar-refractivity contribution >= 4 is 28.1 Å². The molecule has 0 aliphatic carbocycles. The average molecular weight is 352 g/mol. The maximum absolute atomic E-state index is 12.2. The largest absolute Gasteiger partial charge is 0.454 e. The van der Waals surface area contributed by atoms with Crippen LogP contribution < -0.4 is 5.56 Å². The summed E-state index contributed by atoms with van der Waals surface area (Å²) in [6.45, 7) is -0.0391. The molecule has 1 aromatic carbocycles. The SMILES string of the molecule is O=C(OCc1coc(-c2cccs2)n1)c1cc2ccccc2c(=O)[nH]1. The summed E-state index contributed by atoms with van der Waals surface area (Å²) in [5.41, 5.74) is 0.275. The number of hydrogen-bond acceptors (Lipinski definition) is 6. The molecule has 0 fully saturated rings. The molecule has 6 nitrogen and oxygen atoms in total. The standard InChI is InChI=1S/C18H12N2O4S/c21-16-13-5-2-1-4-11(13)8-14(20-16)18(22)24-10-12-9-23-17(19-12)15-6-3-7-25-15/h1-9H,10H2,(H,20,21). The number of carbonyl (C=O) groups excluding carboxylic acids is 1. The van der Waals surface area contributed by atoms with Crippen molar-refractivity contribution < 1.29 is 13.9 Å². The highest BCUT2D eigenvalue weighted by Gasteiger charge is 2.13. The Bertz CT molecular complexity index is 1100. The van der Waals surface area contributed by atoms with Crippen LogP contribution in [0.15, 0.2) is 63.3 Å². The Hall–Kier alpha value is -3.19. The van der Waals surface area contributed by atoms with Gasteiger partial charge in [0.25, 0.3) is 5.56 Å². The smallest absolute Gasteiger partial charge is 0.355 e. The van der Waals surface area contributed by atoms with Crippen LogP contribution >= 0.6 is 11.3 Å². The molecule has 0 saturated heterocycles. The molecule has 3 aromatic heterocycles. The van der Waals surface area contributed by atoms with Crippen molar-refractivity contribution in [2.24, 2.45) is 0 Å². The van der Waals surface area contributed by atoms with Crippen LogP contribution in [0, 0.1) is 0 Å². The number of benzene rings is 1. The van der Waals surface area contributed by atoms with Crippen LogP contribution in [0.1, 0.15) is 16.2 Å². The van der Waals surface area contributed by atoms with Gasteiger partial charge >= 0.3 is 5.97 Å². The minimum absolute atomic E-state index is 0.0391. The van der Waals surface area contributed by atoms with Crippen molar-refractivity contribution in [2.45, 2.75) is 6.61 Å².